The lowest BCUT2D eigenvalue weighted by Crippen LogP contribution is -2.36. The van der Waals surface area contributed by atoms with Crippen molar-refractivity contribution in [1.82, 2.24) is 4.47 Å². The second-order valence-corrected chi connectivity index (χ2v) is 8.77. The summed E-state index contributed by atoms with van der Waals surface area (Å²) in [5, 5.41) is 20.5. The SMILES string of the molecule is Cc1cc(C)c([C@@H]2C[C@H](CO)N(S(=O)(=O)c3ccc([N+](=O)[O-])cc3)O2)c(C)c1. The molecule has 0 radical (unpaired) electrons. The van der Waals surface area contributed by atoms with Gasteiger partial charge in [0, 0.05) is 18.6 Å². The topological polar surface area (TPSA) is 110 Å². The third kappa shape index (κ3) is 3.66. The minimum absolute atomic E-state index is 0.130. The Bertz CT molecular complexity index is 981. The van der Waals surface area contributed by atoms with Gasteiger partial charge in [0.25, 0.3) is 15.7 Å². The Hall–Kier alpha value is -2.33. The fourth-order valence-corrected chi connectivity index (χ4v) is 5.15. The molecule has 0 bridgehead atoms. The molecule has 1 aliphatic rings. The standard InChI is InChI=1S/C19H22N2O6S/c1-12-8-13(2)19(14(3)9-12)18-10-16(11-22)21(27-18)28(25,26)17-6-4-15(5-7-17)20(23)24/h4-9,16,18,22H,10-11H2,1-3H3/t16-,18+/m1/s1. The molecule has 0 unspecified atom stereocenters. The molecule has 9 heteroatoms. The first-order valence-corrected chi connectivity index (χ1v) is 10.2. The lowest BCUT2D eigenvalue weighted by molar-refractivity contribution is -0.384. The van der Waals surface area contributed by atoms with Crippen molar-refractivity contribution in [1.29, 1.82) is 0 Å². The van der Waals surface area contributed by atoms with Gasteiger partial charge in [0.2, 0.25) is 0 Å². The molecule has 0 aromatic heterocycles. The van der Waals surface area contributed by atoms with Crippen LogP contribution in [-0.4, -0.2) is 35.6 Å². The van der Waals surface area contributed by atoms with Gasteiger partial charge < -0.3 is 5.11 Å². The van der Waals surface area contributed by atoms with Gasteiger partial charge in [-0.05, 0) is 49.6 Å². The lowest BCUT2D eigenvalue weighted by atomic mass is 9.93. The molecule has 0 saturated carbocycles. The van der Waals surface area contributed by atoms with Crippen LogP contribution >= 0.6 is 0 Å². The molecule has 1 aliphatic heterocycles. The zero-order chi connectivity index (χ0) is 20.6. The summed E-state index contributed by atoms with van der Waals surface area (Å²) in [5.74, 6) is 0. The van der Waals surface area contributed by atoms with E-state index in [2.05, 4.69) is 0 Å². The number of aryl methyl sites for hydroxylation is 3. The molecule has 28 heavy (non-hydrogen) atoms. The number of nitro groups is 1. The van der Waals surface area contributed by atoms with Gasteiger partial charge in [-0.3, -0.25) is 15.0 Å². The van der Waals surface area contributed by atoms with E-state index >= 15 is 0 Å². The molecule has 150 valence electrons. The Labute approximate surface area is 163 Å². The highest BCUT2D eigenvalue weighted by Crippen LogP contribution is 2.39. The molecule has 2 aromatic rings. The van der Waals surface area contributed by atoms with Crippen molar-refractivity contribution in [2.45, 2.75) is 44.2 Å². The van der Waals surface area contributed by atoms with E-state index in [0.29, 0.717) is 6.42 Å². The fraction of sp³-hybridized carbons (Fsp3) is 0.368. The summed E-state index contributed by atoms with van der Waals surface area (Å²) >= 11 is 0. The van der Waals surface area contributed by atoms with Crippen LogP contribution in [0.3, 0.4) is 0 Å². The number of aliphatic hydroxyl groups excluding tert-OH is 1. The van der Waals surface area contributed by atoms with Gasteiger partial charge in [0.05, 0.1) is 22.5 Å². The molecule has 1 fully saturated rings. The van der Waals surface area contributed by atoms with E-state index in [4.69, 9.17) is 4.84 Å². The average Bonchev–Trinajstić information content (AvgIpc) is 3.05. The van der Waals surface area contributed by atoms with E-state index < -0.39 is 33.7 Å². The van der Waals surface area contributed by atoms with Crippen molar-refractivity contribution in [3.8, 4) is 0 Å². The highest BCUT2D eigenvalue weighted by molar-refractivity contribution is 7.89. The van der Waals surface area contributed by atoms with Crippen LogP contribution in [0.15, 0.2) is 41.3 Å². The van der Waals surface area contributed by atoms with E-state index in [1.165, 1.54) is 12.1 Å². The molecule has 3 rings (SSSR count). The van der Waals surface area contributed by atoms with Crippen molar-refractivity contribution >= 4 is 15.7 Å². The number of aliphatic hydroxyl groups is 1. The summed E-state index contributed by atoms with van der Waals surface area (Å²) in [6, 6.07) is 7.86. The van der Waals surface area contributed by atoms with E-state index in [9.17, 15) is 23.6 Å². The lowest BCUT2D eigenvalue weighted by Gasteiger charge is -2.21. The smallest absolute Gasteiger partial charge is 0.269 e. The predicted octanol–water partition coefficient (Wildman–Crippen LogP) is 2.95. The van der Waals surface area contributed by atoms with Crippen LogP contribution in [0.5, 0.6) is 0 Å². The van der Waals surface area contributed by atoms with Gasteiger partial charge in [-0.15, -0.1) is 0 Å². The molecular formula is C19H22N2O6S. The molecule has 2 aromatic carbocycles. The van der Waals surface area contributed by atoms with Crippen molar-refractivity contribution in [2.75, 3.05) is 6.61 Å². The normalized spacial score (nSPS) is 20.4. The maximum atomic E-state index is 13.0. The van der Waals surface area contributed by atoms with Gasteiger partial charge in [-0.1, -0.05) is 22.2 Å². The van der Waals surface area contributed by atoms with Crippen LogP contribution in [-0.2, 0) is 14.9 Å². The van der Waals surface area contributed by atoms with Gasteiger partial charge in [0.15, 0.2) is 0 Å². The average molecular weight is 406 g/mol. The first-order valence-electron chi connectivity index (χ1n) is 8.79. The molecule has 8 nitrogen and oxygen atoms in total. The van der Waals surface area contributed by atoms with Gasteiger partial charge in [-0.25, -0.2) is 8.42 Å². The third-order valence-corrected chi connectivity index (χ3v) is 6.59. The third-order valence-electron chi connectivity index (χ3n) is 4.87. The molecule has 0 aliphatic carbocycles. The van der Waals surface area contributed by atoms with Crippen LogP contribution in [0.4, 0.5) is 5.69 Å². The second kappa shape index (κ2) is 7.59. The van der Waals surface area contributed by atoms with Crippen molar-refractivity contribution in [3.63, 3.8) is 0 Å². The van der Waals surface area contributed by atoms with E-state index in [-0.39, 0.29) is 10.6 Å². The molecular weight excluding hydrogens is 384 g/mol. The number of rotatable bonds is 5. The summed E-state index contributed by atoms with van der Waals surface area (Å²) in [6.45, 7) is 5.48. The summed E-state index contributed by atoms with van der Waals surface area (Å²) in [7, 11) is -4.09. The number of hydrogen-bond donors (Lipinski definition) is 1. The highest BCUT2D eigenvalue weighted by Gasteiger charge is 2.43. The van der Waals surface area contributed by atoms with Crippen LogP contribution in [0.1, 0.15) is 34.8 Å². The Kier molecular flexibility index (Phi) is 5.53. The Morgan fingerprint density at radius 1 is 1.18 bits per heavy atom. The van der Waals surface area contributed by atoms with E-state index in [0.717, 1.165) is 38.9 Å². The zero-order valence-electron chi connectivity index (χ0n) is 15.8. The predicted molar refractivity (Wildman–Crippen MR) is 102 cm³/mol. The summed E-state index contributed by atoms with van der Waals surface area (Å²) in [6.07, 6.45) is -0.196. The Morgan fingerprint density at radius 3 is 2.25 bits per heavy atom. The molecule has 1 N–H and O–H groups in total. The Balaban J connectivity index is 1.94. The number of hydrogen-bond acceptors (Lipinski definition) is 6. The number of benzene rings is 2. The number of nitrogens with zero attached hydrogens (tertiary/aromatic N) is 2. The van der Waals surface area contributed by atoms with Gasteiger partial charge >= 0.3 is 0 Å². The van der Waals surface area contributed by atoms with Crippen molar-refractivity contribution in [3.05, 3.63) is 68.8 Å². The maximum Gasteiger partial charge on any atom is 0.269 e. The minimum atomic E-state index is -4.09. The monoisotopic (exact) mass is 406 g/mol. The molecule has 0 amide bonds. The molecule has 1 heterocycles. The number of sulfonamides is 1. The quantitative estimate of drug-likeness (QED) is 0.604. The van der Waals surface area contributed by atoms with E-state index in [1.54, 1.807) is 0 Å². The van der Waals surface area contributed by atoms with Crippen LogP contribution in [0.2, 0.25) is 0 Å². The van der Waals surface area contributed by atoms with Crippen molar-refractivity contribution in [2.24, 2.45) is 0 Å². The largest absolute Gasteiger partial charge is 0.395 e. The first kappa shape index (κ1) is 20.4. The van der Waals surface area contributed by atoms with Crippen LogP contribution in [0, 0.1) is 30.9 Å². The number of nitro benzene ring substituents is 1. The Morgan fingerprint density at radius 2 is 1.75 bits per heavy atom. The van der Waals surface area contributed by atoms with Gasteiger partial charge in [0.1, 0.15) is 6.10 Å². The fourth-order valence-electron chi connectivity index (χ4n) is 3.70. The minimum Gasteiger partial charge on any atom is -0.395 e. The van der Waals surface area contributed by atoms with Crippen LogP contribution in [0.25, 0.3) is 0 Å². The van der Waals surface area contributed by atoms with Crippen molar-refractivity contribution < 1.29 is 23.3 Å². The van der Waals surface area contributed by atoms with Crippen LogP contribution < -0.4 is 0 Å². The first-order chi connectivity index (χ1) is 13.1. The summed E-state index contributed by atoms with van der Waals surface area (Å²) in [5.41, 5.74) is 3.79. The highest BCUT2D eigenvalue weighted by atomic mass is 32.2. The zero-order valence-corrected chi connectivity index (χ0v) is 16.6. The number of hydroxylamine groups is 1. The maximum absolute atomic E-state index is 13.0. The summed E-state index contributed by atoms with van der Waals surface area (Å²) in [4.78, 5) is 15.9. The number of non-ortho nitro benzene ring substituents is 1. The molecule has 2 atom stereocenters. The molecule has 0 spiro atoms. The summed E-state index contributed by atoms with van der Waals surface area (Å²) < 4.78 is 26.8. The molecule has 1 saturated heterocycles. The second-order valence-electron chi connectivity index (χ2n) is 6.99. The van der Waals surface area contributed by atoms with E-state index in [1.807, 2.05) is 32.9 Å². The van der Waals surface area contributed by atoms with Gasteiger partial charge in [-0.2, -0.15) is 0 Å².